The van der Waals surface area contributed by atoms with Crippen molar-refractivity contribution in [3.63, 3.8) is 0 Å². The lowest BCUT2D eigenvalue weighted by Gasteiger charge is -2.31. The number of carbonyl (C=O) groups is 4. The van der Waals surface area contributed by atoms with E-state index in [2.05, 4.69) is 31.9 Å². The van der Waals surface area contributed by atoms with Crippen molar-refractivity contribution in [2.45, 2.75) is 16.1 Å². The van der Waals surface area contributed by atoms with Gasteiger partial charge in [-0.05, 0) is 36.5 Å². The third-order valence-electron chi connectivity index (χ3n) is 7.28. The van der Waals surface area contributed by atoms with Crippen LogP contribution in [0.25, 0.3) is 0 Å². The zero-order chi connectivity index (χ0) is 26.8. The molecule has 6 atom stereocenters. The number of nitro benzene ring substituents is 1. The molecule has 0 spiro atoms. The third kappa shape index (κ3) is 4.29. The molecule has 1 heterocycles. The van der Waals surface area contributed by atoms with Crippen molar-refractivity contribution < 1.29 is 24.1 Å². The fourth-order valence-electron chi connectivity index (χ4n) is 5.60. The second-order valence-electron chi connectivity index (χ2n) is 9.21. The van der Waals surface area contributed by atoms with E-state index in [9.17, 15) is 29.3 Å². The van der Waals surface area contributed by atoms with Crippen LogP contribution in [0.4, 0.5) is 5.69 Å². The maximum atomic E-state index is 13.7. The van der Waals surface area contributed by atoms with E-state index in [1.807, 2.05) is 0 Å². The van der Waals surface area contributed by atoms with E-state index >= 15 is 0 Å². The van der Waals surface area contributed by atoms with E-state index in [0.29, 0.717) is 6.42 Å². The fraction of sp³-hybridized carbons (Fsp3) is 0.333. The Hall–Kier alpha value is -2.34. The summed E-state index contributed by atoms with van der Waals surface area (Å²) in [5.41, 5.74) is -0.334. The number of ketones is 1. The highest BCUT2D eigenvalue weighted by molar-refractivity contribution is 9.12. The molecule has 0 unspecified atom stereocenters. The van der Waals surface area contributed by atoms with E-state index in [4.69, 9.17) is 23.2 Å². The number of hydrazine groups is 1. The number of nitrogens with zero attached hydrogens (tertiary/aromatic N) is 3. The Kier molecular flexibility index (Phi) is 6.93. The van der Waals surface area contributed by atoms with Gasteiger partial charge in [0.25, 0.3) is 23.4 Å². The number of rotatable bonds is 6. The van der Waals surface area contributed by atoms with E-state index in [0.717, 1.165) is 16.1 Å². The van der Waals surface area contributed by atoms with Gasteiger partial charge in [-0.1, -0.05) is 67.2 Å². The SMILES string of the molecule is O=C(CN(C(=O)c1ccc(Cl)c(Cl)c1)N1C(=O)[C@@H]2[C@H]3C[C@@H]([C@H](Br)[C@H]3Br)[C@@H]2C1=O)c1cccc([N+](=O)[O-])c1. The Morgan fingerprint density at radius 1 is 0.973 bits per heavy atom. The molecule has 0 aromatic heterocycles. The summed E-state index contributed by atoms with van der Waals surface area (Å²) in [7, 11) is 0. The number of halogens is 4. The summed E-state index contributed by atoms with van der Waals surface area (Å²) in [5.74, 6) is -4.03. The van der Waals surface area contributed by atoms with Crippen LogP contribution in [0.15, 0.2) is 42.5 Å². The molecule has 2 aromatic rings. The molecule has 5 rings (SSSR count). The molecular formula is C24H17Br2Cl2N3O6. The number of fused-ring (bicyclic) bond motifs is 5. The van der Waals surface area contributed by atoms with E-state index in [1.165, 1.54) is 36.4 Å². The highest BCUT2D eigenvalue weighted by atomic mass is 79.9. The van der Waals surface area contributed by atoms with Crippen LogP contribution in [0.5, 0.6) is 0 Å². The van der Waals surface area contributed by atoms with Gasteiger partial charge in [-0.15, -0.1) is 0 Å². The van der Waals surface area contributed by atoms with Gasteiger partial charge in [0, 0.05) is 32.9 Å². The smallest absolute Gasteiger partial charge is 0.273 e. The van der Waals surface area contributed by atoms with Gasteiger partial charge < -0.3 is 0 Å². The Bertz CT molecular complexity index is 1340. The zero-order valence-electron chi connectivity index (χ0n) is 18.7. The average molecular weight is 674 g/mol. The molecule has 1 saturated heterocycles. The van der Waals surface area contributed by atoms with Crippen LogP contribution in [0.1, 0.15) is 27.1 Å². The topological polar surface area (TPSA) is 118 Å². The normalized spacial score (nSPS) is 27.9. The molecular weight excluding hydrogens is 657 g/mol. The van der Waals surface area contributed by atoms with Crippen molar-refractivity contribution in [1.29, 1.82) is 0 Å². The standard InChI is InChI=1S/C24H17Br2Cl2N3O6/c25-20-13-8-14(21(20)26)19-18(13)23(34)30(24(19)35)29(22(33)11-4-5-15(27)16(28)7-11)9-17(32)10-2-1-3-12(6-10)31(36)37/h1-7,13-14,18-21H,8-9H2/t13-,14-,18-,19+,20+,21+/m1/s1. The largest absolute Gasteiger partial charge is 0.292 e. The Balaban J connectivity index is 1.52. The van der Waals surface area contributed by atoms with Crippen molar-refractivity contribution >= 4 is 84.3 Å². The summed E-state index contributed by atoms with van der Waals surface area (Å²) >= 11 is 19.3. The molecule has 0 N–H and O–H groups in total. The summed E-state index contributed by atoms with van der Waals surface area (Å²) in [5, 5.41) is 13.0. The predicted octanol–water partition coefficient (Wildman–Crippen LogP) is 4.92. The highest BCUT2D eigenvalue weighted by Crippen LogP contribution is 2.60. The fourth-order valence-corrected chi connectivity index (χ4v) is 7.77. The van der Waals surface area contributed by atoms with Crippen LogP contribution < -0.4 is 0 Å². The van der Waals surface area contributed by atoms with Crippen LogP contribution in [-0.4, -0.2) is 54.6 Å². The predicted molar refractivity (Wildman–Crippen MR) is 141 cm³/mol. The number of Topliss-reactive ketones (excluding diaryl/α,β-unsaturated/α-hetero) is 1. The van der Waals surface area contributed by atoms with E-state index in [-0.39, 0.29) is 48.3 Å². The van der Waals surface area contributed by atoms with Crippen molar-refractivity contribution in [3.8, 4) is 0 Å². The van der Waals surface area contributed by atoms with Crippen LogP contribution in [0.3, 0.4) is 0 Å². The van der Waals surface area contributed by atoms with Crippen molar-refractivity contribution in [2.75, 3.05) is 6.54 Å². The minimum Gasteiger partial charge on any atom is -0.292 e. The number of benzene rings is 2. The number of hydrogen-bond donors (Lipinski definition) is 0. The van der Waals surface area contributed by atoms with Gasteiger partial charge in [0.1, 0.15) is 6.54 Å². The summed E-state index contributed by atoms with van der Waals surface area (Å²) in [6.07, 6.45) is 0.694. The first kappa shape index (κ1) is 26.3. The van der Waals surface area contributed by atoms with E-state index < -0.39 is 46.8 Å². The number of carbonyl (C=O) groups excluding carboxylic acids is 4. The van der Waals surface area contributed by atoms with Crippen molar-refractivity contribution in [1.82, 2.24) is 10.0 Å². The molecule has 3 aliphatic rings. The van der Waals surface area contributed by atoms with E-state index in [1.54, 1.807) is 0 Å². The van der Waals surface area contributed by atoms with Gasteiger partial charge >= 0.3 is 0 Å². The monoisotopic (exact) mass is 671 g/mol. The highest BCUT2D eigenvalue weighted by Gasteiger charge is 2.67. The van der Waals surface area contributed by atoms with Gasteiger partial charge in [-0.3, -0.25) is 29.3 Å². The molecule has 3 fully saturated rings. The Morgan fingerprint density at radius 3 is 2.16 bits per heavy atom. The molecule has 2 aromatic carbocycles. The van der Waals surface area contributed by atoms with Crippen molar-refractivity contribution in [2.24, 2.45) is 23.7 Å². The molecule has 9 nitrogen and oxygen atoms in total. The third-order valence-corrected chi connectivity index (χ3v) is 11.2. The summed E-state index contributed by atoms with van der Waals surface area (Å²) < 4.78 is 0. The van der Waals surface area contributed by atoms with Crippen LogP contribution in [0, 0.1) is 33.8 Å². The Morgan fingerprint density at radius 2 is 1.59 bits per heavy atom. The number of nitro groups is 1. The number of imide groups is 1. The molecule has 13 heteroatoms. The van der Waals surface area contributed by atoms with Crippen molar-refractivity contribution in [3.05, 3.63) is 73.8 Å². The van der Waals surface area contributed by atoms with Crippen LogP contribution >= 0.6 is 55.1 Å². The number of hydrogen-bond acceptors (Lipinski definition) is 6. The minimum atomic E-state index is -0.808. The van der Waals surface area contributed by atoms with Gasteiger partial charge in [0.2, 0.25) is 0 Å². The second kappa shape index (κ2) is 9.76. The number of alkyl halides is 2. The number of non-ortho nitro benzene ring substituents is 1. The first-order chi connectivity index (χ1) is 17.5. The number of amides is 3. The van der Waals surface area contributed by atoms with Gasteiger partial charge in [-0.25, -0.2) is 5.01 Å². The molecule has 192 valence electrons. The molecule has 37 heavy (non-hydrogen) atoms. The lowest BCUT2D eigenvalue weighted by atomic mass is 9.81. The minimum absolute atomic E-state index is 0.0126. The molecule has 2 bridgehead atoms. The maximum absolute atomic E-state index is 13.7. The quantitative estimate of drug-likeness (QED) is 0.141. The first-order valence-corrected chi connectivity index (χ1v) is 13.8. The molecule has 3 amide bonds. The summed E-state index contributed by atoms with van der Waals surface area (Å²) in [4.78, 5) is 64.6. The molecule has 2 aliphatic carbocycles. The van der Waals surface area contributed by atoms with Crippen LogP contribution in [0.2, 0.25) is 10.0 Å². The summed E-state index contributed by atoms with van der Waals surface area (Å²) in [6, 6.07) is 9.08. The second-order valence-corrected chi connectivity index (χ2v) is 12.1. The van der Waals surface area contributed by atoms with Gasteiger partial charge in [0.05, 0.1) is 26.8 Å². The first-order valence-electron chi connectivity index (χ1n) is 11.2. The molecule has 0 radical (unpaired) electrons. The lowest BCUT2D eigenvalue weighted by Crippen LogP contribution is -2.52. The van der Waals surface area contributed by atoms with Crippen LogP contribution in [-0.2, 0) is 9.59 Å². The zero-order valence-corrected chi connectivity index (χ0v) is 23.4. The van der Waals surface area contributed by atoms with Gasteiger partial charge in [0.15, 0.2) is 5.78 Å². The van der Waals surface area contributed by atoms with Gasteiger partial charge in [-0.2, -0.15) is 5.01 Å². The lowest BCUT2D eigenvalue weighted by molar-refractivity contribution is -0.384. The summed E-state index contributed by atoms with van der Waals surface area (Å²) in [6.45, 7) is -0.692. The molecule has 2 saturated carbocycles. The average Bonchev–Trinajstić information content (AvgIpc) is 3.48. The Labute approximate surface area is 237 Å². The molecule has 1 aliphatic heterocycles. The maximum Gasteiger partial charge on any atom is 0.273 e.